The lowest BCUT2D eigenvalue weighted by Crippen LogP contribution is -2.05. The second-order valence-corrected chi connectivity index (χ2v) is 6.69. The van der Waals surface area contributed by atoms with Crippen molar-refractivity contribution in [3.63, 3.8) is 0 Å². The molecule has 1 N–H and O–H groups in total. The molecule has 4 rings (SSSR count). The lowest BCUT2D eigenvalue weighted by molar-refractivity contribution is 0.242. The van der Waals surface area contributed by atoms with Crippen molar-refractivity contribution in [3.8, 4) is 28.6 Å². The molecule has 25 heavy (non-hydrogen) atoms. The van der Waals surface area contributed by atoms with E-state index in [1.165, 1.54) is 11.3 Å². The first-order chi connectivity index (χ1) is 12.1. The molecule has 1 aliphatic heterocycles. The lowest BCUT2D eigenvalue weighted by atomic mass is 10.1. The molecule has 0 radical (unpaired) electrons. The van der Waals surface area contributed by atoms with Gasteiger partial charge in [0.15, 0.2) is 0 Å². The Hall–Kier alpha value is -2.53. The van der Waals surface area contributed by atoms with Crippen LogP contribution in [0, 0.1) is 0 Å². The molecule has 0 aliphatic carbocycles. The first kappa shape index (κ1) is 16.0. The number of ether oxygens (including phenoxy) is 1. The van der Waals surface area contributed by atoms with Crippen LogP contribution in [0.4, 0.5) is 5.69 Å². The van der Waals surface area contributed by atoms with Crippen molar-refractivity contribution in [1.29, 1.82) is 0 Å². The third-order valence-corrected chi connectivity index (χ3v) is 4.34. The molecule has 0 fully saturated rings. The van der Waals surface area contributed by atoms with Crippen molar-refractivity contribution in [2.45, 2.75) is 26.4 Å². The standard InChI is InChI=1S/C19H18ClN3O2/c1-11(2)24-17-6-4-14(10-15(17)20)19-22-18(23-25-19)13-3-5-16-12(9-13)7-8-21-16/h3-6,9-11,21H,7-8H2,1-2H3. The third-order valence-electron chi connectivity index (χ3n) is 4.04. The Morgan fingerprint density at radius 2 is 2.00 bits per heavy atom. The van der Waals surface area contributed by atoms with Crippen molar-refractivity contribution in [1.82, 2.24) is 10.1 Å². The van der Waals surface area contributed by atoms with Gasteiger partial charge in [0.25, 0.3) is 5.89 Å². The smallest absolute Gasteiger partial charge is 0.258 e. The molecule has 0 bridgehead atoms. The number of fused-ring (bicyclic) bond motifs is 1. The van der Waals surface area contributed by atoms with Crippen molar-refractivity contribution in [2.75, 3.05) is 11.9 Å². The molecule has 0 saturated carbocycles. The molecule has 0 unspecified atom stereocenters. The van der Waals surface area contributed by atoms with E-state index in [2.05, 4.69) is 27.6 Å². The van der Waals surface area contributed by atoms with Crippen molar-refractivity contribution >= 4 is 17.3 Å². The Kier molecular flexibility index (Phi) is 4.09. The summed E-state index contributed by atoms with van der Waals surface area (Å²) in [6, 6.07) is 11.6. The van der Waals surface area contributed by atoms with Gasteiger partial charge in [0.2, 0.25) is 5.82 Å². The van der Waals surface area contributed by atoms with E-state index >= 15 is 0 Å². The number of hydrogen-bond donors (Lipinski definition) is 1. The van der Waals surface area contributed by atoms with Gasteiger partial charge in [-0.25, -0.2) is 0 Å². The highest BCUT2D eigenvalue weighted by Crippen LogP contribution is 2.32. The van der Waals surface area contributed by atoms with Crippen LogP contribution in [-0.2, 0) is 6.42 Å². The van der Waals surface area contributed by atoms with Crippen molar-refractivity contribution in [2.24, 2.45) is 0 Å². The fourth-order valence-corrected chi connectivity index (χ4v) is 3.11. The van der Waals surface area contributed by atoms with Gasteiger partial charge in [-0.1, -0.05) is 16.8 Å². The van der Waals surface area contributed by atoms with Gasteiger partial charge in [-0.2, -0.15) is 4.98 Å². The van der Waals surface area contributed by atoms with Gasteiger partial charge in [0, 0.05) is 23.4 Å². The van der Waals surface area contributed by atoms with E-state index in [4.69, 9.17) is 20.9 Å². The topological polar surface area (TPSA) is 60.2 Å². The highest BCUT2D eigenvalue weighted by molar-refractivity contribution is 6.32. The van der Waals surface area contributed by atoms with Crippen LogP contribution in [0.2, 0.25) is 5.02 Å². The average Bonchev–Trinajstić information content (AvgIpc) is 3.24. The molecular formula is C19H18ClN3O2. The van der Waals surface area contributed by atoms with E-state index in [1.807, 2.05) is 32.0 Å². The first-order valence-electron chi connectivity index (χ1n) is 8.27. The van der Waals surface area contributed by atoms with Crippen LogP contribution >= 0.6 is 11.6 Å². The number of nitrogens with one attached hydrogen (secondary N) is 1. The summed E-state index contributed by atoms with van der Waals surface area (Å²) in [6.45, 7) is 4.89. The van der Waals surface area contributed by atoms with E-state index in [0.717, 1.165) is 24.1 Å². The van der Waals surface area contributed by atoms with Crippen LogP contribution in [0.3, 0.4) is 0 Å². The molecule has 6 heteroatoms. The first-order valence-corrected chi connectivity index (χ1v) is 8.65. The van der Waals surface area contributed by atoms with Crippen LogP contribution in [0.15, 0.2) is 40.9 Å². The Morgan fingerprint density at radius 1 is 1.16 bits per heavy atom. The summed E-state index contributed by atoms with van der Waals surface area (Å²) in [5, 5.41) is 7.97. The summed E-state index contributed by atoms with van der Waals surface area (Å²) in [5.74, 6) is 1.65. The zero-order valence-corrected chi connectivity index (χ0v) is 14.8. The fraction of sp³-hybridized carbons (Fsp3) is 0.263. The van der Waals surface area contributed by atoms with Crippen LogP contribution < -0.4 is 10.1 Å². The number of nitrogens with zero attached hydrogens (tertiary/aromatic N) is 2. The molecule has 2 heterocycles. The van der Waals surface area contributed by atoms with Crippen LogP contribution in [-0.4, -0.2) is 22.8 Å². The molecule has 3 aromatic rings. The highest BCUT2D eigenvalue weighted by Gasteiger charge is 2.16. The molecule has 0 saturated heterocycles. The normalized spacial score (nSPS) is 13.0. The molecule has 1 aliphatic rings. The van der Waals surface area contributed by atoms with Gasteiger partial charge in [0.05, 0.1) is 11.1 Å². The minimum absolute atomic E-state index is 0.0626. The molecule has 1 aromatic heterocycles. The Morgan fingerprint density at radius 3 is 2.80 bits per heavy atom. The van der Waals surface area contributed by atoms with Gasteiger partial charge >= 0.3 is 0 Å². The van der Waals surface area contributed by atoms with Gasteiger partial charge < -0.3 is 14.6 Å². The molecule has 0 spiro atoms. The molecule has 2 aromatic carbocycles. The molecule has 5 nitrogen and oxygen atoms in total. The number of benzene rings is 2. The maximum Gasteiger partial charge on any atom is 0.258 e. The Labute approximate surface area is 151 Å². The van der Waals surface area contributed by atoms with Crippen LogP contribution in [0.25, 0.3) is 22.8 Å². The second-order valence-electron chi connectivity index (χ2n) is 6.28. The zero-order valence-electron chi connectivity index (χ0n) is 14.0. The van der Waals surface area contributed by atoms with E-state index in [-0.39, 0.29) is 6.10 Å². The monoisotopic (exact) mass is 355 g/mol. The predicted molar refractivity (Wildman–Crippen MR) is 98.1 cm³/mol. The zero-order chi connectivity index (χ0) is 17.4. The van der Waals surface area contributed by atoms with Crippen LogP contribution in [0.5, 0.6) is 5.75 Å². The predicted octanol–water partition coefficient (Wildman–Crippen LogP) is 4.81. The molecule has 0 atom stereocenters. The van der Waals surface area contributed by atoms with E-state index in [1.54, 1.807) is 6.07 Å². The largest absolute Gasteiger partial charge is 0.489 e. The average molecular weight is 356 g/mol. The minimum Gasteiger partial charge on any atom is -0.489 e. The highest BCUT2D eigenvalue weighted by atomic mass is 35.5. The van der Waals surface area contributed by atoms with Gasteiger partial charge in [-0.3, -0.25) is 0 Å². The lowest BCUT2D eigenvalue weighted by Gasteiger charge is -2.11. The quantitative estimate of drug-likeness (QED) is 0.727. The Bertz CT molecular complexity index is 921. The van der Waals surface area contributed by atoms with Gasteiger partial charge in [0.1, 0.15) is 5.75 Å². The molecule has 0 amide bonds. The summed E-state index contributed by atoms with van der Waals surface area (Å²) >= 11 is 6.29. The minimum atomic E-state index is 0.0626. The number of rotatable bonds is 4. The van der Waals surface area contributed by atoms with Crippen molar-refractivity contribution in [3.05, 3.63) is 47.0 Å². The summed E-state index contributed by atoms with van der Waals surface area (Å²) in [5.41, 5.74) is 4.17. The SMILES string of the molecule is CC(C)Oc1ccc(-c2nc(-c3ccc4c(c3)CCN4)no2)cc1Cl. The van der Waals surface area contributed by atoms with Gasteiger partial charge in [-0.15, -0.1) is 0 Å². The number of aromatic nitrogens is 2. The third kappa shape index (κ3) is 3.20. The summed E-state index contributed by atoms with van der Waals surface area (Å²) in [6.07, 6.45) is 1.08. The Balaban J connectivity index is 1.62. The number of anilines is 1. The van der Waals surface area contributed by atoms with Crippen molar-refractivity contribution < 1.29 is 9.26 Å². The van der Waals surface area contributed by atoms with E-state index in [9.17, 15) is 0 Å². The second kappa shape index (κ2) is 6.41. The molecule has 128 valence electrons. The van der Waals surface area contributed by atoms with E-state index in [0.29, 0.717) is 22.5 Å². The number of halogens is 1. The summed E-state index contributed by atoms with van der Waals surface area (Å²) < 4.78 is 11.1. The van der Waals surface area contributed by atoms with Crippen LogP contribution in [0.1, 0.15) is 19.4 Å². The molecular weight excluding hydrogens is 338 g/mol. The number of hydrogen-bond acceptors (Lipinski definition) is 5. The van der Waals surface area contributed by atoms with E-state index < -0.39 is 0 Å². The van der Waals surface area contributed by atoms with Gasteiger partial charge in [-0.05, 0) is 62.2 Å². The summed E-state index contributed by atoms with van der Waals surface area (Å²) in [7, 11) is 0. The maximum absolute atomic E-state index is 6.29. The maximum atomic E-state index is 6.29. The summed E-state index contributed by atoms with van der Waals surface area (Å²) in [4.78, 5) is 4.51. The fourth-order valence-electron chi connectivity index (χ4n) is 2.89.